The van der Waals surface area contributed by atoms with E-state index in [1.165, 1.54) is 5.56 Å². The van der Waals surface area contributed by atoms with E-state index in [9.17, 15) is 0 Å². The second kappa shape index (κ2) is 4.71. The molecule has 0 spiro atoms. The Hall–Kier alpha value is -0.990. The summed E-state index contributed by atoms with van der Waals surface area (Å²) in [6.45, 7) is 9.25. The average molecular weight is 252 g/mol. The zero-order valence-electron chi connectivity index (χ0n) is 10.7. The van der Waals surface area contributed by atoms with E-state index in [1.54, 1.807) is 0 Å². The van der Waals surface area contributed by atoms with Crippen LogP contribution in [-0.4, -0.2) is 6.54 Å². The predicted octanol–water partition coefficient (Wildman–Crippen LogP) is 4.37. The largest absolute Gasteiger partial charge is 0.459 e. The van der Waals surface area contributed by atoms with E-state index in [1.807, 2.05) is 19.1 Å². The summed E-state index contributed by atoms with van der Waals surface area (Å²) in [6, 6.07) is 4.14. The van der Waals surface area contributed by atoms with E-state index < -0.39 is 0 Å². The highest BCUT2D eigenvalue weighted by Gasteiger charge is 2.17. The summed E-state index contributed by atoms with van der Waals surface area (Å²) >= 11 is 6.09. The third-order valence-corrected chi connectivity index (χ3v) is 3.35. The second-order valence-corrected chi connectivity index (χ2v) is 4.91. The molecule has 1 atom stereocenters. The number of nitrogens with one attached hydrogen (secondary N) is 1. The van der Waals surface area contributed by atoms with E-state index in [2.05, 4.69) is 26.1 Å². The van der Waals surface area contributed by atoms with Crippen molar-refractivity contribution in [2.24, 2.45) is 0 Å². The molecule has 1 N–H and O–H groups in total. The number of rotatable bonds is 3. The number of benzene rings is 1. The Bertz CT molecular complexity index is 545. The molecule has 1 aromatic heterocycles. The molecule has 0 saturated heterocycles. The van der Waals surface area contributed by atoms with Crippen LogP contribution >= 0.6 is 11.6 Å². The van der Waals surface area contributed by atoms with Crippen LogP contribution in [0, 0.1) is 13.8 Å². The maximum atomic E-state index is 6.09. The van der Waals surface area contributed by atoms with Gasteiger partial charge in [0, 0.05) is 16.0 Å². The first-order chi connectivity index (χ1) is 8.04. The summed E-state index contributed by atoms with van der Waals surface area (Å²) in [5.41, 5.74) is 3.22. The van der Waals surface area contributed by atoms with Crippen LogP contribution in [0.2, 0.25) is 5.02 Å². The fourth-order valence-electron chi connectivity index (χ4n) is 2.28. The Morgan fingerprint density at radius 1 is 1.35 bits per heavy atom. The minimum atomic E-state index is 0.227. The van der Waals surface area contributed by atoms with Crippen molar-refractivity contribution in [1.29, 1.82) is 0 Å². The Balaban J connectivity index is 2.60. The van der Waals surface area contributed by atoms with Gasteiger partial charge in [-0.3, -0.25) is 0 Å². The van der Waals surface area contributed by atoms with Crippen LogP contribution < -0.4 is 5.32 Å². The molecule has 0 saturated carbocycles. The summed E-state index contributed by atoms with van der Waals surface area (Å²) < 4.78 is 5.98. The molecule has 0 fully saturated rings. The second-order valence-electron chi connectivity index (χ2n) is 4.47. The molecule has 17 heavy (non-hydrogen) atoms. The van der Waals surface area contributed by atoms with Crippen LogP contribution in [0.25, 0.3) is 11.0 Å². The molecular formula is C14H18ClNO. The standard InChI is InChI=1S/C14H18ClNO/c1-5-16-10(4)14-9(3)12-7-11(15)6-8(2)13(12)17-14/h6-7,10,16H,5H2,1-4H3. The smallest absolute Gasteiger partial charge is 0.137 e. The first-order valence-electron chi connectivity index (χ1n) is 5.97. The van der Waals surface area contributed by atoms with Crippen molar-refractivity contribution in [3.8, 4) is 0 Å². The van der Waals surface area contributed by atoms with E-state index >= 15 is 0 Å². The lowest BCUT2D eigenvalue weighted by atomic mass is 10.1. The summed E-state index contributed by atoms with van der Waals surface area (Å²) in [7, 11) is 0. The van der Waals surface area contributed by atoms with Crippen molar-refractivity contribution < 1.29 is 4.42 Å². The van der Waals surface area contributed by atoms with Gasteiger partial charge in [-0.2, -0.15) is 0 Å². The van der Waals surface area contributed by atoms with Gasteiger partial charge >= 0.3 is 0 Å². The van der Waals surface area contributed by atoms with Crippen molar-refractivity contribution in [1.82, 2.24) is 5.32 Å². The monoisotopic (exact) mass is 251 g/mol. The molecule has 0 aliphatic rings. The number of furan rings is 1. The summed E-state index contributed by atoms with van der Waals surface area (Å²) in [4.78, 5) is 0. The van der Waals surface area contributed by atoms with Crippen molar-refractivity contribution in [2.45, 2.75) is 33.7 Å². The number of hydrogen-bond acceptors (Lipinski definition) is 2. The normalized spacial score (nSPS) is 13.2. The molecule has 3 heteroatoms. The van der Waals surface area contributed by atoms with Crippen LogP contribution in [0.5, 0.6) is 0 Å². The van der Waals surface area contributed by atoms with Crippen molar-refractivity contribution in [2.75, 3.05) is 6.54 Å². The molecule has 0 aliphatic heterocycles. The maximum Gasteiger partial charge on any atom is 0.137 e. The Morgan fingerprint density at radius 2 is 2.06 bits per heavy atom. The topological polar surface area (TPSA) is 25.2 Å². The Kier molecular flexibility index (Phi) is 3.45. The molecule has 2 nitrogen and oxygen atoms in total. The van der Waals surface area contributed by atoms with Gasteiger partial charge in [0.1, 0.15) is 11.3 Å². The molecule has 1 heterocycles. The van der Waals surface area contributed by atoms with Gasteiger partial charge in [-0.1, -0.05) is 18.5 Å². The maximum absolute atomic E-state index is 6.09. The molecular weight excluding hydrogens is 234 g/mol. The fourth-order valence-corrected chi connectivity index (χ4v) is 2.55. The van der Waals surface area contributed by atoms with Gasteiger partial charge in [-0.25, -0.2) is 0 Å². The molecule has 1 unspecified atom stereocenters. The van der Waals surface area contributed by atoms with Gasteiger partial charge < -0.3 is 9.73 Å². The van der Waals surface area contributed by atoms with E-state index in [0.717, 1.165) is 33.9 Å². The lowest BCUT2D eigenvalue weighted by molar-refractivity contribution is 0.455. The zero-order chi connectivity index (χ0) is 12.6. The first-order valence-corrected chi connectivity index (χ1v) is 6.35. The quantitative estimate of drug-likeness (QED) is 0.876. The SMILES string of the molecule is CCNC(C)c1oc2c(C)cc(Cl)cc2c1C. The first kappa shape index (κ1) is 12.5. The molecule has 2 rings (SSSR count). The van der Waals surface area contributed by atoms with Gasteiger partial charge in [0.25, 0.3) is 0 Å². The van der Waals surface area contributed by atoms with Crippen molar-refractivity contribution in [3.05, 3.63) is 34.0 Å². The van der Waals surface area contributed by atoms with Gasteiger partial charge in [0.15, 0.2) is 0 Å². The van der Waals surface area contributed by atoms with E-state index in [0.29, 0.717) is 0 Å². The summed E-state index contributed by atoms with van der Waals surface area (Å²) in [6.07, 6.45) is 0. The number of aryl methyl sites for hydroxylation is 2. The zero-order valence-corrected chi connectivity index (χ0v) is 11.5. The number of hydrogen-bond donors (Lipinski definition) is 1. The van der Waals surface area contributed by atoms with Crippen molar-refractivity contribution in [3.63, 3.8) is 0 Å². The molecule has 0 radical (unpaired) electrons. The molecule has 0 amide bonds. The molecule has 1 aromatic carbocycles. The summed E-state index contributed by atoms with van der Waals surface area (Å²) in [5.74, 6) is 1.01. The van der Waals surface area contributed by atoms with Gasteiger partial charge in [0.2, 0.25) is 0 Å². The van der Waals surface area contributed by atoms with Crippen molar-refractivity contribution >= 4 is 22.6 Å². The minimum Gasteiger partial charge on any atom is -0.459 e. The lowest BCUT2D eigenvalue weighted by Gasteiger charge is -2.09. The molecule has 92 valence electrons. The summed E-state index contributed by atoms with van der Waals surface area (Å²) in [5, 5.41) is 5.26. The molecule has 0 bridgehead atoms. The lowest BCUT2D eigenvalue weighted by Crippen LogP contribution is -2.17. The van der Waals surface area contributed by atoms with E-state index in [4.69, 9.17) is 16.0 Å². The Morgan fingerprint density at radius 3 is 2.71 bits per heavy atom. The molecule has 0 aliphatic carbocycles. The minimum absolute atomic E-state index is 0.227. The number of fused-ring (bicyclic) bond motifs is 1. The molecule has 2 aromatic rings. The highest BCUT2D eigenvalue weighted by Crippen LogP contribution is 2.33. The average Bonchev–Trinajstić information content (AvgIpc) is 2.57. The van der Waals surface area contributed by atoms with Crippen LogP contribution in [-0.2, 0) is 0 Å². The highest BCUT2D eigenvalue weighted by molar-refractivity contribution is 6.31. The van der Waals surface area contributed by atoms with Gasteiger partial charge in [0.05, 0.1) is 6.04 Å². The highest BCUT2D eigenvalue weighted by atomic mass is 35.5. The van der Waals surface area contributed by atoms with E-state index in [-0.39, 0.29) is 6.04 Å². The predicted molar refractivity (Wildman–Crippen MR) is 72.8 cm³/mol. The fraction of sp³-hybridized carbons (Fsp3) is 0.429. The Labute approximate surface area is 107 Å². The van der Waals surface area contributed by atoms with Crippen LogP contribution in [0.4, 0.5) is 0 Å². The van der Waals surface area contributed by atoms with Gasteiger partial charge in [-0.05, 0) is 45.0 Å². The third kappa shape index (κ3) is 2.20. The number of halogens is 1. The van der Waals surface area contributed by atoms with Crippen LogP contribution in [0.15, 0.2) is 16.5 Å². The van der Waals surface area contributed by atoms with Gasteiger partial charge in [-0.15, -0.1) is 0 Å². The third-order valence-electron chi connectivity index (χ3n) is 3.13. The van der Waals surface area contributed by atoms with Crippen LogP contribution in [0.3, 0.4) is 0 Å². The van der Waals surface area contributed by atoms with Crippen LogP contribution in [0.1, 0.15) is 36.8 Å².